The van der Waals surface area contributed by atoms with E-state index in [-0.39, 0.29) is 5.88 Å². The summed E-state index contributed by atoms with van der Waals surface area (Å²) in [5.41, 5.74) is 0.324. The summed E-state index contributed by atoms with van der Waals surface area (Å²) in [4.78, 5) is 0. The van der Waals surface area contributed by atoms with E-state index in [0.717, 1.165) is 0 Å². The first-order valence-electron chi connectivity index (χ1n) is 3.41. The van der Waals surface area contributed by atoms with E-state index in [9.17, 15) is 0 Å². The van der Waals surface area contributed by atoms with Gasteiger partial charge in [-0.05, 0) is 6.07 Å². The topological polar surface area (TPSA) is 58.8 Å². The van der Waals surface area contributed by atoms with Gasteiger partial charge in [0.25, 0.3) is 5.88 Å². The summed E-state index contributed by atoms with van der Waals surface area (Å²) in [7, 11) is 0. The number of thiol groups is 1. The highest BCUT2D eigenvalue weighted by Gasteiger charge is 2.00. The van der Waals surface area contributed by atoms with Crippen molar-refractivity contribution in [2.45, 2.75) is 13.8 Å². The third kappa shape index (κ3) is 2.76. The number of hydrogen-bond acceptors (Lipinski definition) is 5. The summed E-state index contributed by atoms with van der Waals surface area (Å²) in [6.45, 7) is 4.00. The Morgan fingerprint density at radius 3 is 2.67 bits per heavy atom. The van der Waals surface area contributed by atoms with Crippen molar-refractivity contribution in [3.63, 3.8) is 0 Å². The van der Waals surface area contributed by atoms with Gasteiger partial charge in [-0.3, -0.25) is 0 Å². The van der Waals surface area contributed by atoms with Gasteiger partial charge >= 0.3 is 0 Å². The van der Waals surface area contributed by atoms with Crippen molar-refractivity contribution in [1.82, 2.24) is 10.2 Å². The molecule has 0 aliphatic rings. The van der Waals surface area contributed by atoms with Crippen molar-refractivity contribution in [3.05, 3.63) is 17.8 Å². The zero-order valence-electron chi connectivity index (χ0n) is 6.85. The predicted octanol–water partition coefficient (Wildman–Crippen LogP) is 1.60. The third-order valence-electron chi connectivity index (χ3n) is 0.894. The number of rotatable bonds is 1. The molecule has 0 fully saturated rings. The van der Waals surface area contributed by atoms with Gasteiger partial charge in [0.1, 0.15) is 11.6 Å². The lowest BCUT2D eigenvalue weighted by Crippen LogP contribution is -1.88. The highest BCUT2D eigenvalue weighted by molar-refractivity contribution is 7.75. The van der Waals surface area contributed by atoms with E-state index in [1.165, 1.54) is 12.3 Å². The molecule has 5 heteroatoms. The van der Waals surface area contributed by atoms with E-state index >= 15 is 0 Å². The standard InChI is InChI=1S/C5H3N3OS.C2H6/c6-3-4-1-2-7-8-5(4)9-10;1-2/h1-2,10H;1-2H3. The van der Waals surface area contributed by atoms with Crippen molar-refractivity contribution >= 4 is 12.9 Å². The Morgan fingerprint density at radius 2 is 2.25 bits per heavy atom. The lowest BCUT2D eigenvalue weighted by atomic mass is 10.3. The molecular formula is C7H9N3OS. The molecule has 1 aromatic rings. The summed E-state index contributed by atoms with van der Waals surface area (Å²) in [5, 5.41) is 15.4. The molecule has 1 aromatic heterocycles. The first-order valence-corrected chi connectivity index (χ1v) is 3.78. The molecule has 0 amide bonds. The minimum atomic E-state index is 0.133. The average Bonchev–Trinajstić information content (AvgIpc) is 2.20. The Labute approximate surface area is 76.8 Å². The lowest BCUT2D eigenvalue weighted by molar-refractivity contribution is 0.608. The molecule has 0 spiro atoms. The maximum absolute atomic E-state index is 8.42. The molecule has 0 aliphatic heterocycles. The van der Waals surface area contributed by atoms with Crippen LogP contribution in [0.3, 0.4) is 0 Å². The maximum Gasteiger partial charge on any atom is 0.264 e. The van der Waals surface area contributed by atoms with Crippen molar-refractivity contribution < 1.29 is 4.18 Å². The highest BCUT2D eigenvalue weighted by Crippen LogP contribution is 2.11. The number of nitriles is 1. The minimum absolute atomic E-state index is 0.133. The molecule has 12 heavy (non-hydrogen) atoms. The minimum Gasteiger partial charge on any atom is -0.406 e. The predicted molar refractivity (Wildman–Crippen MR) is 47.7 cm³/mol. The Hall–Kier alpha value is -1.28. The fraction of sp³-hybridized carbons (Fsp3) is 0.286. The van der Waals surface area contributed by atoms with Crippen molar-refractivity contribution in [2.24, 2.45) is 0 Å². The van der Waals surface area contributed by atoms with Crippen LogP contribution in [0.15, 0.2) is 12.3 Å². The number of nitrogens with zero attached hydrogens (tertiary/aromatic N) is 3. The molecule has 64 valence electrons. The molecule has 0 N–H and O–H groups in total. The van der Waals surface area contributed by atoms with Gasteiger partial charge in [-0.2, -0.15) is 10.4 Å². The Balaban J connectivity index is 0.000000561. The smallest absolute Gasteiger partial charge is 0.264 e. The molecule has 0 bridgehead atoms. The third-order valence-corrected chi connectivity index (χ3v) is 1.07. The van der Waals surface area contributed by atoms with Gasteiger partial charge in [-0.15, -0.1) is 5.10 Å². The van der Waals surface area contributed by atoms with Crippen molar-refractivity contribution in [3.8, 4) is 11.9 Å². The molecule has 1 rings (SSSR count). The largest absolute Gasteiger partial charge is 0.406 e. The summed E-state index contributed by atoms with van der Waals surface area (Å²) in [6, 6.07) is 3.37. The number of aromatic nitrogens is 2. The SMILES string of the molecule is CC.N#Cc1ccnnc1OS. The van der Waals surface area contributed by atoms with Crippen LogP contribution >= 0.6 is 12.9 Å². The van der Waals surface area contributed by atoms with E-state index in [2.05, 4.69) is 27.3 Å². The monoisotopic (exact) mass is 183 g/mol. The van der Waals surface area contributed by atoms with Crippen LogP contribution in [0.1, 0.15) is 19.4 Å². The van der Waals surface area contributed by atoms with Gasteiger partial charge in [0.15, 0.2) is 0 Å². The van der Waals surface area contributed by atoms with Crippen molar-refractivity contribution in [2.75, 3.05) is 0 Å². The van der Waals surface area contributed by atoms with E-state index < -0.39 is 0 Å². The van der Waals surface area contributed by atoms with Gasteiger partial charge < -0.3 is 4.18 Å². The molecular weight excluding hydrogens is 174 g/mol. The van der Waals surface area contributed by atoms with Crippen LogP contribution in [0.4, 0.5) is 0 Å². The van der Waals surface area contributed by atoms with Crippen LogP contribution in [0.25, 0.3) is 0 Å². The molecule has 1 heterocycles. The van der Waals surface area contributed by atoms with Crippen LogP contribution in [-0.4, -0.2) is 10.2 Å². The van der Waals surface area contributed by atoms with Gasteiger partial charge in [0, 0.05) is 12.9 Å². The van der Waals surface area contributed by atoms with E-state index in [4.69, 9.17) is 5.26 Å². The molecule has 0 aliphatic carbocycles. The molecule has 0 atom stereocenters. The van der Waals surface area contributed by atoms with Crippen LogP contribution in [0.5, 0.6) is 5.88 Å². The quantitative estimate of drug-likeness (QED) is 0.530. The van der Waals surface area contributed by atoms with E-state index in [1.807, 2.05) is 19.9 Å². The van der Waals surface area contributed by atoms with Gasteiger partial charge in [-0.25, -0.2) is 0 Å². The van der Waals surface area contributed by atoms with Gasteiger partial charge in [0.05, 0.1) is 6.20 Å². The lowest BCUT2D eigenvalue weighted by Gasteiger charge is -1.93. The van der Waals surface area contributed by atoms with Crippen molar-refractivity contribution in [1.29, 1.82) is 5.26 Å². The van der Waals surface area contributed by atoms with Crippen LogP contribution in [0.2, 0.25) is 0 Å². The first-order chi connectivity index (χ1) is 5.88. The highest BCUT2D eigenvalue weighted by atomic mass is 32.1. The van der Waals surface area contributed by atoms with Crippen LogP contribution < -0.4 is 4.18 Å². The Morgan fingerprint density at radius 1 is 1.58 bits per heavy atom. The molecule has 0 saturated heterocycles. The molecule has 0 unspecified atom stereocenters. The van der Waals surface area contributed by atoms with Gasteiger partial charge in [0.2, 0.25) is 0 Å². The summed E-state index contributed by atoms with van der Waals surface area (Å²) >= 11 is 3.48. The zero-order chi connectivity index (χ0) is 9.40. The van der Waals surface area contributed by atoms with E-state index in [1.54, 1.807) is 0 Å². The second-order valence-corrected chi connectivity index (χ2v) is 1.64. The molecule has 0 aromatic carbocycles. The second-order valence-electron chi connectivity index (χ2n) is 1.45. The Bertz CT molecular complexity index is 272. The second kappa shape index (κ2) is 6.43. The zero-order valence-corrected chi connectivity index (χ0v) is 7.75. The summed E-state index contributed by atoms with van der Waals surface area (Å²) < 4.78 is 4.43. The Kier molecular flexibility index (Phi) is 5.75. The van der Waals surface area contributed by atoms with Gasteiger partial charge in [-0.1, -0.05) is 13.8 Å². The fourth-order valence-electron chi connectivity index (χ4n) is 0.471. The molecule has 0 radical (unpaired) electrons. The first kappa shape index (κ1) is 10.7. The summed E-state index contributed by atoms with van der Waals surface area (Å²) in [6.07, 6.45) is 1.41. The maximum atomic E-state index is 8.42. The fourth-order valence-corrected chi connectivity index (χ4v) is 0.606. The number of hydrogen-bond donors (Lipinski definition) is 1. The molecule has 4 nitrogen and oxygen atoms in total. The van der Waals surface area contributed by atoms with Crippen LogP contribution in [0, 0.1) is 11.3 Å². The van der Waals surface area contributed by atoms with E-state index in [0.29, 0.717) is 5.56 Å². The average molecular weight is 183 g/mol. The normalized spacial score (nSPS) is 7.50. The van der Waals surface area contributed by atoms with Crippen LogP contribution in [-0.2, 0) is 0 Å². The molecule has 0 saturated carbocycles. The summed E-state index contributed by atoms with van der Waals surface area (Å²) in [5.74, 6) is 0.133.